The minimum atomic E-state index is -0.438. The van der Waals surface area contributed by atoms with Crippen molar-refractivity contribution in [1.29, 1.82) is 0 Å². The molecule has 1 aromatic heterocycles. The zero-order chi connectivity index (χ0) is 43.1. The third-order valence-corrected chi connectivity index (χ3v) is 11.4. The highest BCUT2D eigenvalue weighted by Crippen LogP contribution is 2.35. The van der Waals surface area contributed by atoms with Crippen molar-refractivity contribution >= 4 is 57.3 Å². The van der Waals surface area contributed by atoms with Crippen LogP contribution in [-0.4, -0.2) is 68.0 Å². The lowest BCUT2D eigenvalue weighted by Crippen LogP contribution is -2.39. The highest BCUT2D eigenvalue weighted by Gasteiger charge is 2.33. The third-order valence-electron chi connectivity index (χ3n) is 10.3. The lowest BCUT2D eigenvalue weighted by atomic mass is 9.82. The van der Waals surface area contributed by atoms with Gasteiger partial charge in [0.15, 0.2) is 17.6 Å². The Bertz CT molecular complexity index is 2320. The van der Waals surface area contributed by atoms with E-state index in [1.54, 1.807) is 41.4 Å². The van der Waals surface area contributed by atoms with Crippen molar-refractivity contribution in [3.8, 4) is 34.5 Å². The van der Waals surface area contributed by atoms with E-state index in [4.69, 9.17) is 43.2 Å². The number of rotatable bonds is 20. The van der Waals surface area contributed by atoms with Crippen LogP contribution in [0, 0.1) is 11.8 Å². The SMILES string of the molecule is C=CC(=O)OCCCCCCOc1ccc(OC(=O)C2CCC(C(=O)Oc3ccc(OC=O)cc3/C=N/N(CC3COc4ccccc4O3)c3nc4ccccc4s3)CC2)cc1. The maximum Gasteiger partial charge on any atom is 0.330 e. The number of nitrogens with zero attached hydrogens (tertiary/aromatic N) is 3. The molecule has 14 nitrogen and oxygen atoms in total. The van der Waals surface area contributed by atoms with Crippen molar-refractivity contribution in [3.63, 3.8) is 0 Å². The molecule has 4 aromatic carbocycles. The Kier molecular flexibility index (Phi) is 15.2. The van der Waals surface area contributed by atoms with Gasteiger partial charge in [0.1, 0.15) is 29.6 Å². The summed E-state index contributed by atoms with van der Waals surface area (Å²) in [7, 11) is 0. The zero-order valence-electron chi connectivity index (χ0n) is 34.1. The number of aromatic nitrogens is 1. The van der Waals surface area contributed by atoms with Crippen LogP contribution >= 0.6 is 11.3 Å². The van der Waals surface area contributed by atoms with Gasteiger partial charge in [-0.25, -0.2) is 14.8 Å². The van der Waals surface area contributed by atoms with Crippen molar-refractivity contribution in [2.45, 2.75) is 57.5 Å². The molecule has 0 bridgehead atoms. The van der Waals surface area contributed by atoms with Crippen molar-refractivity contribution in [3.05, 3.63) is 109 Å². The van der Waals surface area contributed by atoms with E-state index >= 15 is 0 Å². The molecule has 1 fully saturated rings. The highest BCUT2D eigenvalue weighted by molar-refractivity contribution is 7.22. The zero-order valence-corrected chi connectivity index (χ0v) is 34.9. The molecule has 2 aliphatic rings. The average molecular weight is 862 g/mol. The summed E-state index contributed by atoms with van der Waals surface area (Å²) in [6.07, 6.45) is 7.63. The molecular weight excluding hydrogens is 815 g/mol. The number of fused-ring (bicyclic) bond motifs is 2. The Balaban J connectivity index is 0.928. The van der Waals surface area contributed by atoms with E-state index < -0.39 is 17.9 Å². The predicted octanol–water partition coefficient (Wildman–Crippen LogP) is 8.50. The Morgan fingerprint density at radius 3 is 2.23 bits per heavy atom. The number of unbranched alkanes of at least 4 members (excludes halogenated alkanes) is 3. The molecular formula is C47H47N3O11S. The fourth-order valence-electron chi connectivity index (χ4n) is 7.01. The molecule has 0 saturated heterocycles. The van der Waals surface area contributed by atoms with Gasteiger partial charge in [0.2, 0.25) is 5.13 Å². The van der Waals surface area contributed by atoms with Crippen LogP contribution < -0.4 is 33.4 Å². The Hall–Kier alpha value is -6.74. The van der Waals surface area contributed by atoms with Crippen LogP contribution in [0.25, 0.3) is 10.2 Å². The van der Waals surface area contributed by atoms with Gasteiger partial charge < -0.3 is 33.2 Å². The molecule has 2 heterocycles. The van der Waals surface area contributed by atoms with Crippen molar-refractivity contribution < 1.29 is 52.3 Å². The first-order valence-electron chi connectivity index (χ1n) is 20.6. The molecule has 0 spiro atoms. The Labute approximate surface area is 363 Å². The fraction of sp³-hybridized carbons (Fsp3) is 0.319. The molecule has 5 aromatic rings. The van der Waals surface area contributed by atoms with Gasteiger partial charge in [0.05, 0.1) is 48.0 Å². The van der Waals surface area contributed by atoms with Crippen LogP contribution in [0.3, 0.4) is 0 Å². The molecule has 1 unspecified atom stereocenters. The van der Waals surface area contributed by atoms with Crippen LogP contribution in [-0.2, 0) is 23.9 Å². The first-order chi connectivity index (χ1) is 30.3. The molecule has 1 aliphatic carbocycles. The second kappa shape index (κ2) is 21.7. The lowest BCUT2D eigenvalue weighted by Gasteiger charge is -2.29. The maximum atomic E-state index is 13.6. The van der Waals surface area contributed by atoms with Crippen LogP contribution in [0.5, 0.6) is 34.5 Å². The number of esters is 3. The second-order valence-electron chi connectivity index (χ2n) is 14.7. The molecule has 1 atom stereocenters. The molecule has 0 amide bonds. The molecule has 62 heavy (non-hydrogen) atoms. The number of ether oxygens (including phenoxy) is 7. The number of hydrogen-bond donors (Lipinski definition) is 0. The largest absolute Gasteiger partial charge is 0.494 e. The third kappa shape index (κ3) is 12.0. The summed E-state index contributed by atoms with van der Waals surface area (Å²) in [5.41, 5.74) is 1.21. The number of carbonyl (C=O) groups excluding carboxylic acids is 4. The first kappa shape index (κ1) is 43.4. The van der Waals surface area contributed by atoms with Gasteiger partial charge in [-0.05, 0) is 118 Å². The summed E-state index contributed by atoms with van der Waals surface area (Å²) in [5.74, 6) is 0.867. The Morgan fingerprint density at radius 2 is 1.48 bits per heavy atom. The van der Waals surface area contributed by atoms with Gasteiger partial charge in [0.25, 0.3) is 6.47 Å². The summed E-state index contributed by atoms with van der Waals surface area (Å²) >= 11 is 1.47. The fourth-order valence-corrected chi connectivity index (χ4v) is 7.94. The normalized spacial score (nSPS) is 16.9. The topological polar surface area (TPSA) is 161 Å². The van der Waals surface area contributed by atoms with Crippen molar-refractivity contribution in [2.75, 3.05) is 31.4 Å². The van der Waals surface area contributed by atoms with E-state index in [1.165, 1.54) is 23.6 Å². The lowest BCUT2D eigenvalue weighted by molar-refractivity contribution is -0.145. The minimum absolute atomic E-state index is 0.227. The van der Waals surface area contributed by atoms with Gasteiger partial charge in [-0.3, -0.25) is 14.4 Å². The molecule has 322 valence electrons. The van der Waals surface area contributed by atoms with Gasteiger partial charge in [-0.1, -0.05) is 42.2 Å². The van der Waals surface area contributed by atoms with Crippen LogP contribution in [0.4, 0.5) is 5.13 Å². The average Bonchev–Trinajstić information content (AvgIpc) is 3.74. The molecule has 1 saturated carbocycles. The van der Waals surface area contributed by atoms with Crippen LogP contribution in [0.1, 0.15) is 56.9 Å². The summed E-state index contributed by atoms with van der Waals surface area (Å²) in [6.45, 7) is 5.21. The highest BCUT2D eigenvalue weighted by atomic mass is 32.1. The molecule has 0 N–H and O–H groups in total. The molecule has 15 heteroatoms. The summed E-state index contributed by atoms with van der Waals surface area (Å²) in [4.78, 5) is 53.9. The van der Waals surface area contributed by atoms with E-state index in [0.717, 1.165) is 42.0 Å². The number of hydrogen-bond acceptors (Lipinski definition) is 15. The van der Waals surface area contributed by atoms with Gasteiger partial charge in [0, 0.05) is 11.6 Å². The molecule has 1 aliphatic heterocycles. The number of anilines is 1. The van der Waals surface area contributed by atoms with Crippen molar-refractivity contribution in [2.24, 2.45) is 16.9 Å². The van der Waals surface area contributed by atoms with E-state index in [1.807, 2.05) is 48.5 Å². The van der Waals surface area contributed by atoms with E-state index in [0.29, 0.717) is 85.7 Å². The minimum Gasteiger partial charge on any atom is -0.494 e. The summed E-state index contributed by atoms with van der Waals surface area (Å²) in [6, 6.07) is 26.8. The van der Waals surface area contributed by atoms with Gasteiger partial charge in [-0.2, -0.15) is 5.10 Å². The monoisotopic (exact) mass is 861 g/mol. The van der Waals surface area contributed by atoms with Gasteiger partial charge in [-0.15, -0.1) is 0 Å². The summed E-state index contributed by atoms with van der Waals surface area (Å²) < 4.78 is 40.8. The number of carbonyl (C=O) groups is 4. The quantitative estimate of drug-likeness (QED) is 0.0139. The summed E-state index contributed by atoms with van der Waals surface area (Å²) in [5, 5.41) is 7.14. The number of benzene rings is 4. The number of thiazole rings is 1. The standard InChI is InChI=1S/C47H47N3O11S/c1-2-44(52)56-26-10-4-3-9-25-55-35-19-21-36(22-20-35)60-45(53)32-15-17-33(18-16-32)46(54)61-40-24-23-37(58-31-51)27-34(40)28-48-50(47-49-39-11-5-8-14-43(39)62-47)29-38-30-57-41-12-6-7-13-42(41)59-38/h2,5-8,11-14,19-24,27-28,31-33,38H,1,3-4,9-10,15-18,25-26,29-30H2/b48-28+. The first-order valence-corrected chi connectivity index (χ1v) is 21.4. The number of hydrazone groups is 1. The predicted molar refractivity (Wildman–Crippen MR) is 232 cm³/mol. The van der Waals surface area contributed by atoms with Crippen LogP contribution in [0.2, 0.25) is 0 Å². The second-order valence-corrected chi connectivity index (χ2v) is 15.7. The Morgan fingerprint density at radius 1 is 0.806 bits per heavy atom. The van der Waals surface area contributed by atoms with Crippen LogP contribution in [0.15, 0.2) is 109 Å². The molecule has 0 radical (unpaired) electrons. The smallest absolute Gasteiger partial charge is 0.330 e. The van der Waals surface area contributed by atoms with E-state index in [2.05, 4.69) is 6.58 Å². The number of para-hydroxylation sites is 3. The van der Waals surface area contributed by atoms with Crippen molar-refractivity contribution in [1.82, 2.24) is 4.98 Å². The van der Waals surface area contributed by atoms with Gasteiger partial charge >= 0.3 is 17.9 Å². The van der Waals surface area contributed by atoms with E-state index in [-0.39, 0.29) is 36.0 Å². The maximum absolute atomic E-state index is 13.6. The van der Waals surface area contributed by atoms with E-state index in [9.17, 15) is 19.2 Å². The molecule has 7 rings (SSSR count).